The van der Waals surface area contributed by atoms with E-state index in [9.17, 15) is 13.9 Å². The topological polar surface area (TPSA) is 20.2 Å². The molecule has 0 heterocycles. The second-order valence-electron chi connectivity index (χ2n) is 5.42. The van der Waals surface area contributed by atoms with Crippen molar-refractivity contribution in [3.63, 3.8) is 0 Å². The second kappa shape index (κ2) is 5.33. The first-order chi connectivity index (χ1) is 9.65. The fourth-order valence-electron chi connectivity index (χ4n) is 2.96. The van der Waals surface area contributed by atoms with Crippen LogP contribution < -0.4 is 0 Å². The lowest BCUT2D eigenvalue weighted by Crippen LogP contribution is -2.24. The molecule has 0 bridgehead atoms. The molecular weight excluding hydrogens is 258 g/mol. The summed E-state index contributed by atoms with van der Waals surface area (Å²) in [6, 6.07) is 12.2. The molecule has 0 spiro atoms. The highest BCUT2D eigenvalue weighted by Gasteiger charge is 2.28. The van der Waals surface area contributed by atoms with E-state index in [1.807, 2.05) is 12.1 Å². The first-order valence-electron chi connectivity index (χ1n) is 6.83. The summed E-state index contributed by atoms with van der Waals surface area (Å²) in [6.45, 7) is 0. The van der Waals surface area contributed by atoms with Crippen LogP contribution in [0.15, 0.2) is 42.5 Å². The third-order valence-corrected chi connectivity index (χ3v) is 4.09. The second-order valence-corrected chi connectivity index (χ2v) is 5.42. The van der Waals surface area contributed by atoms with Crippen LogP contribution in [0.5, 0.6) is 0 Å². The first-order valence-corrected chi connectivity index (χ1v) is 6.83. The van der Waals surface area contributed by atoms with Gasteiger partial charge in [-0.15, -0.1) is 0 Å². The number of fused-ring (bicyclic) bond motifs is 1. The molecule has 2 aromatic rings. The highest BCUT2D eigenvalue weighted by molar-refractivity contribution is 5.32. The number of aliphatic hydroxyl groups is 1. The van der Waals surface area contributed by atoms with E-state index < -0.39 is 17.7 Å². The van der Waals surface area contributed by atoms with Gasteiger partial charge >= 0.3 is 0 Å². The molecule has 0 saturated heterocycles. The van der Waals surface area contributed by atoms with Crippen molar-refractivity contribution in [3.8, 4) is 0 Å². The fourth-order valence-corrected chi connectivity index (χ4v) is 2.96. The number of aliphatic hydroxyl groups excluding tert-OH is 1. The zero-order valence-electron chi connectivity index (χ0n) is 11.0. The third kappa shape index (κ3) is 2.46. The van der Waals surface area contributed by atoms with Gasteiger partial charge in [-0.25, -0.2) is 8.78 Å². The molecule has 0 radical (unpaired) electrons. The van der Waals surface area contributed by atoms with Crippen molar-refractivity contribution in [3.05, 3.63) is 70.8 Å². The predicted molar refractivity (Wildman–Crippen MR) is 73.4 cm³/mol. The minimum atomic E-state index is -0.857. The van der Waals surface area contributed by atoms with Gasteiger partial charge in [0.2, 0.25) is 0 Å². The maximum atomic E-state index is 13.6. The van der Waals surface area contributed by atoms with Crippen LogP contribution in [0.2, 0.25) is 0 Å². The van der Waals surface area contributed by atoms with Crippen molar-refractivity contribution in [2.45, 2.75) is 25.4 Å². The summed E-state index contributed by atoms with van der Waals surface area (Å²) < 4.78 is 26.8. The molecule has 2 aromatic carbocycles. The van der Waals surface area contributed by atoms with E-state index in [1.54, 1.807) is 0 Å². The van der Waals surface area contributed by atoms with Gasteiger partial charge in [0.25, 0.3) is 0 Å². The highest BCUT2D eigenvalue weighted by Crippen LogP contribution is 2.30. The molecule has 0 aliphatic heterocycles. The normalized spacial score (nSPS) is 16.1. The molecule has 1 atom stereocenters. The number of rotatable bonds is 3. The summed E-state index contributed by atoms with van der Waals surface area (Å²) in [4.78, 5) is 0. The fraction of sp³-hybridized carbons (Fsp3) is 0.294. The molecular formula is C17H16F2O. The van der Waals surface area contributed by atoms with E-state index >= 15 is 0 Å². The van der Waals surface area contributed by atoms with Crippen LogP contribution in [-0.2, 0) is 19.3 Å². The predicted octanol–water partition coefficient (Wildman–Crippen LogP) is 3.28. The van der Waals surface area contributed by atoms with E-state index in [-0.39, 0.29) is 17.9 Å². The summed E-state index contributed by atoms with van der Waals surface area (Å²) in [5.41, 5.74) is 2.74. The Balaban J connectivity index is 1.72. The SMILES string of the molecule is OC(Cc1cccc(F)c1F)C1Cc2ccccc2C1. The average Bonchev–Trinajstić information content (AvgIpc) is 2.88. The van der Waals surface area contributed by atoms with Crippen molar-refractivity contribution in [2.24, 2.45) is 5.92 Å². The number of halogens is 2. The molecule has 104 valence electrons. The Bertz CT molecular complexity index is 599. The van der Waals surface area contributed by atoms with Crippen molar-refractivity contribution in [1.82, 2.24) is 0 Å². The van der Waals surface area contributed by atoms with Gasteiger partial charge in [0.1, 0.15) is 0 Å². The Hall–Kier alpha value is -1.74. The Morgan fingerprint density at radius 3 is 2.30 bits per heavy atom. The zero-order chi connectivity index (χ0) is 14.1. The molecule has 1 unspecified atom stereocenters. The average molecular weight is 274 g/mol. The van der Waals surface area contributed by atoms with E-state index in [4.69, 9.17) is 0 Å². The lowest BCUT2D eigenvalue weighted by molar-refractivity contribution is 0.111. The van der Waals surface area contributed by atoms with Crippen LogP contribution in [0.3, 0.4) is 0 Å². The molecule has 3 rings (SSSR count). The largest absolute Gasteiger partial charge is 0.392 e. The third-order valence-electron chi connectivity index (χ3n) is 4.09. The Morgan fingerprint density at radius 2 is 1.65 bits per heavy atom. The molecule has 1 aliphatic rings. The lowest BCUT2D eigenvalue weighted by Gasteiger charge is -2.18. The monoisotopic (exact) mass is 274 g/mol. The molecule has 1 N–H and O–H groups in total. The summed E-state index contributed by atoms with van der Waals surface area (Å²) in [5.74, 6) is -1.62. The number of hydrogen-bond donors (Lipinski definition) is 1. The van der Waals surface area contributed by atoms with E-state index in [0.717, 1.165) is 18.9 Å². The van der Waals surface area contributed by atoms with Crippen molar-refractivity contribution in [1.29, 1.82) is 0 Å². The molecule has 0 amide bonds. The van der Waals surface area contributed by atoms with Gasteiger partial charge in [-0.2, -0.15) is 0 Å². The number of benzene rings is 2. The summed E-state index contributed by atoms with van der Waals surface area (Å²) in [6.07, 6.45) is 1.10. The van der Waals surface area contributed by atoms with Crippen molar-refractivity contribution in [2.75, 3.05) is 0 Å². The maximum absolute atomic E-state index is 13.6. The van der Waals surface area contributed by atoms with Crippen LogP contribution >= 0.6 is 0 Å². The summed E-state index contributed by atoms with van der Waals surface area (Å²) in [7, 11) is 0. The minimum absolute atomic E-state index is 0.0788. The summed E-state index contributed by atoms with van der Waals surface area (Å²) in [5, 5.41) is 10.3. The highest BCUT2D eigenvalue weighted by atomic mass is 19.2. The minimum Gasteiger partial charge on any atom is -0.392 e. The van der Waals surface area contributed by atoms with Crippen molar-refractivity contribution < 1.29 is 13.9 Å². The zero-order valence-corrected chi connectivity index (χ0v) is 11.0. The van der Waals surface area contributed by atoms with Gasteiger partial charge in [0, 0.05) is 6.42 Å². The van der Waals surface area contributed by atoms with Gasteiger partial charge in [0.05, 0.1) is 6.10 Å². The van der Waals surface area contributed by atoms with Crippen LogP contribution in [0, 0.1) is 17.6 Å². The molecule has 0 saturated carbocycles. The van der Waals surface area contributed by atoms with Crippen LogP contribution in [0.4, 0.5) is 8.78 Å². The summed E-state index contributed by atoms with van der Waals surface area (Å²) >= 11 is 0. The van der Waals surface area contributed by atoms with Gasteiger partial charge in [-0.3, -0.25) is 0 Å². The molecule has 1 nitrogen and oxygen atoms in total. The smallest absolute Gasteiger partial charge is 0.162 e. The molecule has 0 fully saturated rings. The van der Waals surface area contributed by atoms with E-state index in [2.05, 4.69) is 12.1 Å². The maximum Gasteiger partial charge on any atom is 0.162 e. The van der Waals surface area contributed by atoms with Crippen molar-refractivity contribution >= 4 is 0 Å². The van der Waals surface area contributed by atoms with Gasteiger partial charge < -0.3 is 5.11 Å². The van der Waals surface area contributed by atoms with Crippen LogP contribution in [0.1, 0.15) is 16.7 Å². The molecule has 3 heteroatoms. The van der Waals surface area contributed by atoms with E-state index in [1.165, 1.54) is 23.3 Å². The first kappa shape index (κ1) is 13.3. The van der Waals surface area contributed by atoms with Crippen LogP contribution in [-0.4, -0.2) is 11.2 Å². The molecule has 1 aliphatic carbocycles. The Labute approximate surface area is 116 Å². The molecule has 0 aromatic heterocycles. The number of hydrogen-bond acceptors (Lipinski definition) is 1. The standard InChI is InChI=1S/C17H16F2O/c18-15-7-3-6-13(17(15)19)10-16(20)14-8-11-4-1-2-5-12(11)9-14/h1-7,14,16,20H,8-10H2. The Kier molecular flexibility index (Phi) is 3.53. The van der Waals surface area contributed by atoms with Gasteiger partial charge in [-0.1, -0.05) is 36.4 Å². The van der Waals surface area contributed by atoms with E-state index in [0.29, 0.717) is 0 Å². The van der Waals surface area contributed by atoms with Crippen LogP contribution in [0.25, 0.3) is 0 Å². The van der Waals surface area contributed by atoms with Gasteiger partial charge in [0.15, 0.2) is 11.6 Å². The lowest BCUT2D eigenvalue weighted by atomic mass is 9.93. The quantitative estimate of drug-likeness (QED) is 0.910. The molecule has 20 heavy (non-hydrogen) atoms. The van der Waals surface area contributed by atoms with Gasteiger partial charge in [-0.05, 0) is 41.5 Å². The Morgan fingerprint density at radius 1 is 1.00 bits per heavy atom.